The van der Waals surface area contributed by atoms with Crippen molar-refractivity contribution < 1.29 is 23.2 Å². The molecule has 0 N–H and O–H groups in total. The Bertz CT molecular complexity index is 1140. The number of nitro benzene ring substituents is 1. The van der Waals surface area contributed by atoms with Gasteiger partial charge in [-0.1, -0.05) is 12.1 Å². The van der Waals surface area contributed by atoms with Gasteiger partial charge in [-0.2, -0.15) is 0 Å². The summed E-state index contributed by atoms with van der Waals surface area (Å²) in [5.74, 6) is -1.84. The first-order chi connectivity index (χ1) is 14.4. The van der Waals surface area contributed by atoms with Gasteiger partial charge in [0.1, 0.15) is 11.6 Å². The average Bonchev–Trinajstić information content (AvgIpc) is 3.03. The number of esters is 1. The van der Waals surface area contributed by atoms with E-state index in [2.05, 4.69) is 0 Å². The Hall–Kier alpha value is -3.29. The normalized spacial score (nSPS) is 15.8. The molecule has 1 unspecified atom stereocenters. The maximum absolute atomic E-state index is 14.9. The van der Waals surface area contributed by atoms with Crippen molar-refractivity contribution in [1.82, 2.24) is 4.57 Å². The third kappa shape index (κ3) is 3.53. The van der Waals surface area contributed by atoms with E-state index < -0.39 is 16.6 Å². The lowest BCUT2D eigenvalue weighted by atomic mass is 9.84. The maximum atomic E-state index is 14.9. The summed E-state index contributed by atoms with van der Waals surface area (Å²) in [5, 5.41) is 11.4. The lowest BCUT2D eigenvalue weighted by Gasteiger charge is -2.25. The summed E-state index contributed by atoms with van der Waals surface area (Å²) >= 11 is 0. The number of carbonyl (C=O) groups is 1. The standard InChI is InChI=1S/C22H20F2N2O4/c1-30-20(27)9-14-3-2-4-17-18-10-15(23)11-19(24)22(18)25(21(14)17)12-13-5-7-16(8-6-13)26(28)29/h5-8,10-11,14H,2-4,9,12H2,1H3. The number of fused-ring (bicyclic) bond motifs is 3. The van der Waals surface area contributed by atoms with Gasteiger partial charge in [0.05, 0.1) is 24.0 Å². The van der Waals surface area contributed by atoms with Crippen molar-refractivity contribution in [3.8, 4) is 0 Å². The van der Waals surface area contributed by atoms with Gasteiger partial charge >= 0.3 is 5.97 Å². The molecule has 0 saturated carbocycles. The molecule has 8 heteroatoms. The molecule has 0 saturated heterocycles. The van der Waals surface area contributed by atoms with E-state index in [0.717, 1.165) is 35.7 Å². The quantitative estimate of drug-likeness (QED) is 0.340. The molecule has 1 aromatic heterocycles. The van der Waals surface area contributed by atoms with E-state index in [1.807, 2.05) is 0 Å². The minimum atomic E-state index is -0.668. The van der Waals surface area contributed by atoms with Crippen LogP contribution in [0, 0.1) is 21.7 Å². The number of benzene rings is 2. The van der Waals surface area contributed by atoms with E-state index in [9.17, 15) is 23.7 Å². The second-order valence-corrected chi connectivity index (χ2v) is 7.53. The fourth-order valence-electron chi connectivity index (χ4n) is 4.44. The zero-order valence-electron chi connectivity index (χ0n) is 16.4. The number of nitro groups is 1. The molecule has 4 rings (SSSR count). The zero-order valence-corrected chi connectivity index (χ0v) is 16.4. The fourth-order valence-corrected chi connectivity index (χ4v) is 4.44. The molecule has 0 aliphatic heterocycles. The number of nitrogens with zero attached hydrogens (tertiary/aromatic N) is 2. The Balaban J connectivity index is 1.87. The van der Waals surface area contributed by atoms with Crippen molar-refractivity contribution in [3.05, 3.63) is 75.0 Å². The Labute approximate surface area is 171 Å². The molecular formula is C22H20F2N2O4. The molecule has 1 aliphatic carbocycles. The molecule has 0 bridgehead atoms. The van der Waals surface area contributed by atoms with E-state index in [0.29, 0.717) is 11.8 Å². The van der Waals surface area contributed by atoms with Gasteiger partial charge in [0.15, 0.2) is 0 Å². The second kappa shape index (κ2) is 7.85. The summed E-state index contributed by atoms with van der Waals surface area (Å²) in [7, 11) is 1.33. The summed E-state index contributed by atoms with van der Waals surface area (Å²) in [6, 6.07) is 8.23. The summed E-state index contributed by atoms with van der Waals surface area (Å²) in [4.78, 5) is 22.4. The van der Waals surface area contributed by atoms with Crippen LogP contribution in [0.1, 0.15) is 42.0 Å². The van der Waals surface area contributed by atoms with E-state index in [4.69, 9.17) is 4.74 Å². The van der Waals surface area contributed by atoms with Gasteiger partial charge in [-0.15, -0.1) is 0 Å². The summed E-state index contributed by atoms with van der Waals surface area (Å²) in [5.41, 5.74) is 2.66. The molecule has 2 aromatic carbocycles. The number of halogens is 2. The first-order valence-corrected chi connectivity index (χ1v) is 9.69. The third-order valence-corrected chi connectivity index (χ3v) is 5.72. The highest BCUT2D eigenvalue weighted by Crippen LogP contribution is 2.41. The topological polar surface area (TPSA) is 74.4 Å². The van der Waals surface area contributed by atoms with Gasteiger partial charge < -0.3 is 9.30 Å². The Kier molecular flexibility index (Phi) is 5.24. The Morgan fingerprint density at radius 3 is 2.67 bits per heavy atom. The lowest BCUT2D eigenvalue weighted by molar-refractivity contribution is -0.384. The van der Waals surface area contributed by atoms with Crippen molar-refractivity contribution >= 4 is 22.6 Å². The van der Waals surface area contributed by atoms with Crippen LogP contribution in [-0.2, 0) is 22.5 Å². The number of aryl methyl sites for hydroxylation is 1. The van der Waals surface area contributed by atoms with E-state index >= 15 is 0 Å². The number of hydrogen-bond acceptors (Lipinski definition) is 4. The molecular weight excluding hydrogens is 394 g/mol. The summed E-state index contributed by atoms with van der Waals surface area (Å²) in [6.07, 6.45) is 2.37. The fraction of sp³-hybridized carbons (Fsp3) is 0.318. The number of aromatic nitrogens is 1. The predicted molar refractivity (Wildman–Crippen MR) is 106 cm³/mol. The van der Waals surface area contributed by atoms with E-state index in [1.54, 1.807) is 16.7 Å². The predicted octanol–water partition coefficient (Wildman–Crippen LogP) is 4.86. The van der Waals surface area contributed by atoms with Crippen LogP contribution in [-0.4, -0.2) is 22.6 Å². The van der Waals surface area contributed by atoms with E-state index in [1.165, 1.54) is 25.3 Å². The van der Waals surface area contributed by atoms with Crippen molar-refractivity contribution in [2.75, 3.05) is 7.11 Å². The van der Waals surface area contributed by atoms with Gasteiger partial charge in [-0.3, -0.25) is 14.9 Å². The summed E-state index contributed by atoms with van der Waals surface area (Å²) < 4.78 is 35.5. The number of methoxy groups -OCH3 is 1. The first-order valence-electron chi connectivity index (χ1n) is 9.69. The molecule has 0 fully saturated rings. The van der Waals surface area contributed by atoms with Crippen molar-refractivity contribution in [1.29, 1.82) is 0 Å². The van der Waals surface area contributed by atoms with Crippen molar-refractivity contribution in [2.24, 2.45) is 0 Å². The molecule has 1 aliphatic rings. The van der Waals surface area contributed by atoms with Crippen LogP contribution in [0.25, 0.3) is 10.9 Å². The molecule has 1 atom stereocenters. The Morgan fingerprint density at radius 1 is 1.27 bits per heavy atom. The van der Waals surface area contributed by atoms with Crippen LogP contribution >= 0.6 is 0 Å². The highest BCUT2D eigenvalue weighted by Gasteiger charge is 2.31. The average molecular weight is 414 g/mol. The number of rotatable bonds is 5. The lowest BCUT2D eigenvalue weighted by Crippen LogP contribution is -2.18. The van der Waals surface area contributed by atoms with E-state index in [-0.39, 0.29) is 36.1 Å². The summed E-state index contributed by atoms with van der Waals surface area (Å²) in [6.45, 7) is 0.254. The number of hydrogen-bond donors (Lipinski definition) is 0. The van der Waals surface area contributed by atoms with Gasteiger partial charge in [0, 0.05) is 41.7 Å². The molecule has 0 spiro atoms. The molecule has 0 amide bonds. The molecule has 0 radical (unpaired) electrons. The van der Waals surface area contributed by atoms with Crippen LogP contribution in [0.2, 0.25) is 0 Å². The van der Waals surface area contributed by atoms with Gasteiger partial charge in [0.2, 0.25) is 0 Å². The number of non-ortho nitro benzene ring substituents is 1. The SMILES string of the molecule is COC(=O)CC1CCCc2c1n(Cc1ccc([N+](=O)[O-])cc1)c1c(F)cc(F)cc21. The van der Waals surface area contributed by atoms with Crippen LogP contribution in [0.15, 0.2) is 36.4 Å². The Morgan fingerprint density at radius 2 is 2.00 bits per heavy atom. The first kappa shape index (κ1) is 20.0. The largest absolute Gasteiger partial charge is 0.469 e. The van der Waals surface area contributed by atoms with Crippen molar-refractivity contribution in [2.45, 2.75) is 38.1 Å². The maximum Gasteiger partial charge on any atom is 0.306 e. The number of ether oxygens (including phenoxy) is 1. The highest BCUT2D eigenvalue weighted by molar-refractivity contribution is 5.87. The molecule has 6 nitrogen and oxygen atoms in total. The third-order valence-electron chi connectivity index (χ3n) is 5.72. The van der Waals surface area contributed by atoms with Crippen LogP contribution in [0.4, 0.5) is 14.5 Å². The van der Waals surface area contributed by atoms with Crippen LogP contribution in [0.5, 0.6) is 0 Å². The van der Waals surface area contributed by atoms with Crippen molar-refractivity contribution in [3.63, 3.8) is 0 Å². The minimum absolute atomic E-state index is 0.0324. The highest BCUT2D eigenvalue weighted by atomic mass is 19.1. The van der Waals surface area contributed by atoms with Gasteiger partial charge in [-0.25, -0.2) is 8.78 Å². The molecule has 156 valence electrons. The molecule has 1 heterocycles. The number of carbonyl (C=O) groups excluding carboxylic acids is 1. The zero-order chi connectivity index (χ0) is 21.4. The second-order valence-electron chi connectivity index (χ2n) is 7.53. The van der Waals surface area contributed by atoms with Gasteiger partial charge in [-0.05, 0) is 36.5 Å². The monoisotopic (exact) mass is 414 g/mol. The van der Waals surface area contributed by atoms with Gasteiger partial charge in [0.25, 0.3) is 5.69 Å². The smallest absolute Gasteiger partial charge is 0.306 e. The van der Waals surface area contributed by atoms with Crippen LogP contribution < -0.4 is 0 Å². The van der Waals surface area contributed by atoms with Crippen LogP contribution in [0.3, 0.4) is 0 Å². The molecule has 3 aromatic rings. The molecule has 30 heavy (non-hydrogen) atoms. The minimum Gasteiger partial charge on any atom is -0.469 e.